The molecule has 0 aromatic heterocycles. The fourth-order valence-corrected chi connectivity index (χ4v) is 3.09. The van der Waals surface area contributed by atoms with Crippen LogP contribution in [0.25, 0.3) is 0 Å². The van der Waals surface area contributed by atoms with Crippen molar-refractivity contribution in [3.63, 3.8) is 0 Å². The van der Waals surface area contributed by atoms with Gasteiger partial charge in [0.05, 0.1) is 5.69 Å². The van der Waals surface area contributed by atoms with E-state index in [0.717, 1.165) is 4.47 Å². The van der Waals surface area contributed by atoms with Gasteiger partial charge in [0.25, 0.3) is 0 Å². The topological polar surface area (TPSA) is 49.4 Å². The van der Waals surface area contributed by atoms with Gasteiger partial charge in [-0.2, -0.15) is 12.7 Å². The first-order chi connectivity index (χ1) is 7.51. The van der Waals surface area contributed by atoms with Crippen molar-refractivity contribution in [1.82, 2.24) is 4.31 Å². The lowest BCUT2D eigenvalue weighted by atomic mass is 10.3. The van der Waals surface area contributed by atoms with Gasteiger partial charge in [0.1, 0.15) is 0 Å². The fraction of sp³-hybridized carbons (Fsp3) is 0.400. The molecule has 1 rings (SSSR count). The Morgan fingerprint density at radius 3 is 2.31 bits per heavy atom. The van der Waals surface area contributed by atoms with Crippen LogP contribution in [0, 0.1) is 0 Å². The number of para-hydroxylation sites is 1. The van der Waals surface area contributed by atoms with E-state index < -0.39 is 10.2 Å². The highest BCUT2D eigenvalue weighted by Gasteiger charge is 2.18. The third kappa shape index (κ3) is 3.20. The number of hydrogen-bond donors (Lipinski definition) is 1. The first kappa shape index (κ1) is 13.5. The van der Waals surface area contributed by atoms with E-state index >= 15 is 0 Å². The van der Waals surface area contributed by atoms with E-state index in [4.69, 9.17) is 0 Å². The summed E-state index contributed by atoms with van der Waals surface area (Å²) in [5, 5.41) is 0. The van der Waals surface area contributed by atoms with E-state index in [9.17, 15) is 8.42 Å². The van der Waals surface area contributed by atoms with E-state index in [2.05, 4.69) is 20.7 Å². The molecule has 0 radical (unpaired) electrons. The molecular formula is C10H15BrN2O2S. The second kappa shape index (κ2) is 5.65. The third-order valence-corrected chi connectivity index (χ3v) is 4.52. The van der Waals surface area contributed by atoms with E-state index in [1.54, 1.807) is 18.2 Å². The fourth-order valence-electron chi connectivity index (χ4n) is 1.31. The lowest BCUT2D eigenvalue weighted by Gasteiger charge is -2.19. The van der Waals surface area contributed by atoms with Gasteiger partial charge < -0.3 is 0 Å². The van der Waals surface area contributed by atoms with Crippen LogP contribution >= 0.6 is 15.9 Å². The Morgan fingerprint density at radius 2 is 1.81 bits per heavy atom. The molecule has 0 atom stereocenters. The number of rotatable bonds is 5. The lowest BCUT2D eigenvalue weighted by Crippen LogP contribution is -2.35. The Kier molecular flexibility index (Phi) is 4.76. The van der Waals surface area contributed by atoms with Gasteiger partial charge in [-0.1, -0.05) is 26.0 Å². The summed E-state index contributed by atoms with van der Waals surface area (Å²) in [4.78, 5) is 0. The number of nitrogens with zero attached hydrogens (tertiary/aromatic N) is 1. The van der Waals surface area contributed by atoms with Crippen LogP contribution in [0.2, 0.25) is 0 Å². The van der Waals surface area contributed by atoms with E-state index in [-0.39, 0.29) is 0 Å². The van der Waals surface area contributed by atoms with Gasteiger partial charge >= 0.3 is 10.2 Å². The molecule has 0 amide bonds. The summed E-state index contributed by atoms with van der Waals surface area (Å²) < 4.78 is 28.5. The van der Waals surface area contributed by atoms with Crippen molar-refractivity contribution in [2.45, 2.75) is 13.8 Å². The van der Waals surface area contributed by atoms with Gasteiger partial charge in [-0.15, -0.1) is 0 Å². The molecule has 6 heteroatoms. The average Bonchev–Trinajstić information content (AvgIpc) is 2.22. The molecule has 1 aromatic rings. The number of hydrogen-bond acceptors (Lipinski definition) is 2. The summed E-state index contributed by atoms with van der Waals surface area (Å²) in [5.41, 5.74) is 0.550. The maximum atomic E-state index is 11.9. The monoisotopic (exact) mass is 306 g/mol. The van der Waals surface area contributed by atoms with Crippen LogP contribution in [0.4, 0.5) is 5.69 Å². The summed E-state index contributed by atoms with van der Waals surface area (Å²) in [5.74, 6) is 0. The minimum atomic E-state index is -3.44. The van der Waals surface area contributed by atoms with Crippen molar-refractivity contribution in [3.8, 4) is 0 Å². The zero-order chi connectivity index (χ0) is 12.2. The van der Waals surface area contributed by atoms with E-state index in [1.165, 1.54) is 4.31 Å². The van der Waals surface area contributed by atoms with Gasteiger partial charge in [0, 0.05) is 17.6 Å². The molecule has 1 aromatic carbocycles. The molecule has 90 valence electrons. The average molecular weight is 307 g/mol. The minimum Gasteiger partial charge on any atom is -0.270 e. The highest BCUT2D eigenvalue weighted by Crippen LogP contribution is 2.22. The van der Waals surface area contributed by atoms with Crippen LogP contribution in [0.3, 0.4) is 0 Å². The second-order valence-electron chi connectivity index (χ2n) is 3.17. The quantitative estimate of drug-likeness (QED) is 0.908. The van der Waals surface area contributed by atoms with Crippen molar-refractivity contribution in [2.24, 2.45) is 0 Å². The lowest BCUT2D eigenvalue weighted by molar-refractivity contribution is 0.449. The Labute approximate surface area is 105 Å². The predicted octanol–water partition coefficient (Wildman–Crippen LogP) is 2.45. The van der Waals surface area contributed by atoms with Gasteiger partial charge in [-0.05, 0) is 28.1 Å². The van der Waals surface area contributed by atoms with Crippen molar-refractivity contribution < 1.29 is 8.42 Å². The van der Waals surface area contributed by atoms with E-state index in [0.29, 0.717) is 18.8 Å². The van der Waals surface area contributed by atoms with E-state index in [1.807, 2.05) is 19.9 Å². The Balaban J connectivity index is 2.93. The first-order valence-corrected chi connectivity index (χ1v) is 7.27. The molecule has 1 N–H and O–H groups in total. The molecule has 0 spiro atoms. The molecule has 0 unspecified atom stereocenters. The van der Waals surface area contributed by atoms with Crippen LogP contribution in [0.5, 0.6) is 0 Å². The van der Waals surface area contributed by atoms with Crippen molar-refractivity contribution in [2.75, 3.05) is 17.8 Å². The number of benzene rings is 1. The number of halogens is 1. The molecule has 0 aliphatic carbocycles. The summed E-state index contributed by atoms with van der Waals surface area (Å²) in [7, 11) is -3.44. The van der Waals surface area contributed by atoms with Gasteiger partial charge in [-0.25, -0.2) is 0 Å². The molecule has 0 aliphatic rings. The number of nitrogens with one attached hydrogen (secondary N) is 1. The molecule has 0 heterocycles. The van der Waals surface area contributed by atoms with Crippen LogP contribution in [-0.2, 0) is 10.2 Å². The zero-order valence-corrected chi connectivity index (χ0v) is 11.7. The Hall–Kier alpha value is -0.590. The maximum absolute atomic E-state index is 11.9. The largest absolute Gasteiger partial charge is 0.301 e. The van der Waals surface area contributed by atoms with Crippen molar-refractivity contribution >= 4 is 31.8 Å². The zero-order valence-electron chi connectivity index (χ0n) is 9.27. The number of anilines is 1. The first-order valence-electron chi connectivity index (χ1n) is 5.03. The normalized spacial score (nSPS) is 11.8. The molecular weight excluding hydrogens is 292 g/mol. The standard InChI is InChI=1S/C10H15BrN2O2S/c1-3-13(4-2)16(14,15)12-10-8-6-5-7-9(10)11/h5-8,12H,3-4H2,1-2H3. The molecule has 0 bridgehead atoms. The Morgan fingerprint density at radius 1 is 1.25 bits per heavy atom. The highest BCUT2D eigenvalue weighted by atomic mass is 79.9. The molecule has 0 saturated heterocycles. The Bertz CT molecular complexity index is 444. The smallest absolute Gasteiger partial charge is 0.270 e. The van der Waals surface area contributed by atoms with Gasteiger partial charge in [0.2, 0.25) is 0 Å². The van der Waals surface area contributed by atoms with Gasteiger partial charge in [-0.3, -0.25) is 4.72 Å². The third-order valence-electron chi connectivity index (χ3n) is 2.16. The molecule has 0 saturated carbocycles. The second-order valence-corrected chi connectivity index (χ2v) is 5.70. The van der Waals surface area contributed by atoms with Crippen molar-refractivity contribution in [3.05, 3.63) is 28.7 Å². The van der Waals surface area contributed by atoms with Crippen molar-refractivity contribution in [1.29, 1.82) is 0 Å². The summed E-state index contributed by atoms with van der Waals surface area (Å²) in [6.07, 6.45) is 0. The highest BCUT2D eigenvalue weighted by molar-refractivity contribution is 9.10. The van der Waals surface area contributed by atoms with Gasteiger partial charge in [0.15, 0.2) is 0 Å². The minimum absolute atomic E-state index is 0.455. The molecule has 0 aliphatic heterocycles. The van der Waals surface area contributed by atoms with Crippen LogP contribution < -0.4 is 4.72 Å². The van der Waals surface area contributed by atoms with Crippen LogP contribution in [0.1, 0.15) is 13.8 Å². The van der Waals surface area contributed by atoms with Crippen LogP contribution in [0.15, 0.2) is 28.7 Å². The summed E-state index contributed by atoms with van der Waals surface area (Å²) in [6.45, 7) is 4.53. The maximum Gasteiger partial charge on any atom is 0.301 e. The SMILES string of the molecule is CCN(CC)S(=O)(=O)Nc1ccccc1Br. The van der Waals surface area contributed by atoms with Crippen LogP contribution in [-0.4, -0.2) is 25.8 Å². The molecule has 16 heavy (non-hydrogen) atoms. The molecule has 0 fully saturated rings. The molecule has 4 nitrogen and oxygen atoms in total. The summed E-state index contributed by atoms with van der Waals surface area (Å²) in [6, 6.07) is 7.12. The predicted molar refractivity (Wildman–Crippen MR) is 69.6 cm³/mol. The summed E-state index contributed by atoms with van der Waals surface area (Å²) >= 11 is 3.30.